The zero-order valence-electron chi connectivity index (χ0n) is 5.53. The van der Waals surface area contributed by atoms with Gasteiger partial charge in [0.05, 0.1) is 0 Å². The molecule has 0 saturated heterocycles. The van der Waals surface area contributed by atoms with Crippen LogP contribution in [-0.4, -0.2) is 0 Å². The largest absolute Gasteiger partial charge is 0.340 e. The van der Waals surface area contributed by atoms with Gasteiger partial charge in [0.25, 0.3) is 0 Å². The molecule has 8 heavy (non-hydrogen) atoms. The van der Waals surface area contributed by atoms with Crippen molar-refractivity contribution in [1.29, 1.82) is 0 Å². The molecule has 0 aromatic carbocycles. The average molecular weight is 163 g/mol. The van der Waals surface area contributed by atoms with E-state index in [1.807, 2.05) is 0 Å². The van der Waals surface area contributed by atoms with Crippen LogP contribution in [0.2, 0.25) is 0 Å². The van der Waals surface area contributed by atoms with Crippen LogP contribution in [0.3, 0.4) is 0 Å². The summed E-state index contributed by atoms with van der Waals surface area (Å²) in [5.74, 6) is 0.786. The molecule has 0 nitrogen and oxygen atoms in total. The SMILES string of the molecule is [CH2-]C1CCCCC1.[Zn]. The van der Waals surface area contributed by atoms with E-state index in [1.165, 1.54) is 32.1 Å². The van der Waals surface area contributed by atoms with E-state index in [-0.39, 0.29) is 19.5 Å². The molecule has 1 heteroatoms. The second-order valence-electron chi connectivity index (χ2n) is 2.50. The first-order valence-corrected chi connectivity index (χ1v) is 3.22. The fourth-order valence-corrected chi connectivity index (χ4v) is 1.19. The van der Waals surface area contributed by atoms with E-state index in [1.54, 1.807) is 0 Å². The van der Waals surface area contributed by atoms with Gasteiger partial charge in [-0.05, 0) is 0 Å². The third kappa shape index (κ3) is 2.82. The van der Waals surface area contributed by atoms with E-state index in [9.17, 15) is 0 Å². The molecule has 0 radical (unpaired) electrons. The molecule has 1 rings (SSSR count). The van der Waals surface area contributed by atoms with Gasteiger partial charge in [0.1, 0.15) is 0 Å². The molecule has 0 atom stereocenters. The maximum absolute atomic E-state index is 4.00. The van der Waals surface area contributed by atoms with Gasteiger partial charge in [0, 0.05) is 19.5 Å². The van der Waals surface area contributed by atoms with E-state index in [0.717, 1.165) is 5.92 Å². The standard InChI is InChI=1S/C7H13.Zn/c1-7-5-3-2-4-6-7;/h7H,1-6H2;/q-1;. The molecule has 1 aliphatic carbocycles. The van der Waals surface area contributed by atoms with Crippen molar-refractivity contribution in [3.8, 4) is 0 Å². The molecule has 0 N–H and O–H groups in total. The Hall–Kier alpha value is 0.623. The fraction of sp³-hybridized carbons (Fsp3) is 0.857. The Bertz CT molecular complexity index is 46.3. The van der Waals surface area contributed by atoms with Crippen LogP contribution in [0.4, 0.5) is 0 Å². The van der Waals surface area contributed by atoms with Crippen molar-refractivity contribution in [3.63, 3.8) is 0 Å². The molecule has 1 aliphatic rings. The van der Waals surface area contributed by atoms with Gasteiger partial charge >= 0.3 is 0 Å². The van der Waals surface area contributed by atoms with Crippen LogP contribution >= 0.6 is 0 Å². The molecule has 0 aromatic heterocycles. The van der Waals surface area contributed by atoms with E-state index in [2.05, 4.69) is 6.92 Å². The van der Waals surface area contributed by atoms with Gasteiger partial charge in [-0.15, -0.1) is 0 Å². The summed E-state index contributed by atoms with van der Waals surface area (Å²) in [4.78, 5) is 0. The van der Waals surface area contributed by atoms with Crippen LogP contribution in [0, 0.1) is 12.8 Å². The Morgan fingerprint density at radius 3 is 1.75 bits per heavy atom. The molecule has 0 unspecified atom stereocenters. The molecule has 0 heterocycles. The Balaban J connectivity index is 0.000000490. The zero-order valence-corrected chi connectivity index (χ0v) is 8.49. The van der Waals surface area contributed by atoms with Crippen LogP contribution in [0.25, 0.3) is 0 Å². The first-order chi connectivity index (χ1) is 3.39. The molecule has 0 aromatic rings. The van der Waals surface area contributed by atoms with Crippen molar-refractivity contribution in [3.05, 3.63) is 6.92 Å². The summed E-state index contributed by atoms with van der Waals surface area (Å²) in [5.41, 5.74) is 0. The van der Waals surface area contributed by atoms with Crippen LogP contribution in [0.1, 0.15) is 32.1 Å². The Labute approximate surface area is 64.8 Å². The average Bonchev–Trinajstić information content (AvgIpc) is 1.69. The first-order valence-electron chi connectivity index (χ1n) is 3.22. The van der Waals surface area contributed by atoms with Crippen LogP contribution in [0.15, 0.2) is 0 Å². The number of hydrogen-bond donors (Lipinski definition) is 0. The minimum Gasteiger partial charge on any atom is -0.340 e. The van der Waals surface area contributed by atoms with E-state index >= 15 is 0 Å². The quantitative estimate of drug-likeness (QED) is 0.379. The molecule has 0 spiro atoms. The Kier molecular flexibility index (Phi) is 4.85. The van der Waals surface area contributed by atoms with E-state index < -0.39 is 0 Å². The molecule has 1 saturated carbocycles. The van der Waals surface area contributed by atoms with E-state index in [4.69, 9.17) is 0 Å². The summed E-state index contributed by atoms with van der Waals surface area (Å²) in [6, 6.07) is 0. The zero-order chi connectivity index (χ0) is 5.11. The summed E-state index contributed by atoms with van der Waals surface area (Å²) in [5, 5.41) is 0. The summed E-state index contributed by atoms with van der Waals surface area (Å²) in [6.45, 7) is 4.00. The molecule has 0 amide bonds. The van der Waals surface area contributed by atoms with Gasteiger partial charge in [0.2, 0.25) is 0 Å². The second kappa shape index (κ2) is 4.50. The monoisotopic (exact) mass is 161 g/mol. The van der Waals surface area contributed by atoms with Crippen molar-refractivity contribution in [2.24, 2.45) is 5.92 Å². The van der Waals surface area contributed by atoms with Gasteiger partial charge in [-0.1, -0.05) is 32.1 Å². The van der Waals surface area contributed by atoms with Gasteiger partial charge in [-0.25, -0.2) is 0 Å². The molecule has 0 bridgehead atoms. The molecule has 1 fully saturated rings. The predicted octanol–water partition coefficient (Wildman–Crippen LogP) is 2.40. The fourth-order valence-electron chi connectivity index (χ4n) is 1.19. The summed E-state index contributed by atoms with van der Waals surface area (Å²) in [7, 11) is 0. The number of hydrogen-bond acceptors (Lipinski definition) is 0. The van der Waals surface area contributed by atoms with Crippen molar-refractivity contribution in [2.45, 2.75) is 32.1 Å². The van der Waals surface area contributed by atoms with Crippen molar-refractivity contribution in [1.82, 2.24) is 0 Å². The Morgan fingerprint density at radius 2 is 1.50 bits per heavy atom. The van der Waals surface area contributed by atoms with Gasteiger partial charge < -0.3 is 6.92 Å². The molecule has 0 aliphatic heterocycles. The predicted molar refractivity (Wildman–Crippen MR) is 31.9 cm³/mol. The van der Waals surface area contributed by atoms with Crippen LogP contribution in [0.5, 0.6) is 0 Å². The number of rotatable bonds is 0. The van der Waals surface area contributed by atoms with Crippen LogP contribution < -0.4 is 0 Å². The van der Waals surface area contributed by atoms with Gasteiger partial charge in [-0.2, -0.15) is 5.92 Å². The van der Waals surface area contributed by atoms with Crippen molar-refractivity contribution < 1.29 is 19.5 Å². The molecular formula is C7H13Zn-. The smallest absolute Gasteiger partial charge is 0 e. The molecule has 44 valence electrons. The summed E-state index contributed by atoms with van der Waals surface area (Å²) >= 11 is 0. The molecular weight excluding hydrogens is 149 g/mol. The maximum atomic E-state index is 4.00. The van der Waals surface area contributed by atoms with Crippen molar-refractivity contribution >= 4 is 0 Å². The third-order valence-electron chi connectivity index (χ3n) is 1.72. The van der Waals surface area contributed by atoms with E-state index in [0.29, 0.717) is 0 Å². The summed E-state index contributed by atoms with van der Waals surface area (Å²) < 4.78 is 0. The third-order valence-corrected chi connectivity index (χ3v) is 1.72. The topological polar surface area (TPSA) is 0 Å². The first kappa shape index (κ1) is 8.62. The summed E-state index contributed by atoms with van der Waals surface area (Å²) in [6.07, 6.45) is 7.05. The van der Waals surface area contributed by atoms with Crippen LogP contribution in [-0.2, 0) is 19.5 Å². The maximum Gasteiger partial charge on any atom is 0 e. The minimum absolute atomic E-state index is 0. The Morgan fingerprint density at radius 1 is 1.00 bits per heavy atom. The normalized spacial score (nSPS) is 22.1. The van der Waals surface area contributed by atoms with Crippen molar-refractivity contribution in [2.75, 3.05) is 0 Å². The van der Waals surface area contributed by atoms with Gasteiger partial charge in [-0.3, -0.25) is 0 Å². The minimum atomic E-state index is 0. The second-order valence-corrected chi connectivity index (χ2v) is 2.50. The van der Waals surface area contributed by atoms with Gasteiger partial charge in [0.15, 0.2) is 0 Å².